The van der Waals surface area contributed by atoms with Crippen LogP contribution in [-0.4, -0.2) is 28.9 Å². The van der Waals surface area contributed by atoms with Gasteiger partial charge in [-0.05, 0) is 30.5 Å². The van der Waals surface area contributed by atoms with Crippen LogP contribution in [0.5, 0.6) is 0 Å². The lowest BCUT2D eigenvalue weighted by Crippen LogP contribution is -2.20. The maximum atomic E-state index is 12.8. The van der Waals surface area contributed by atoms with E-state index in [1.807, 2.05) is 16.7 Å². The van der Waals surface area contributed by atoms with E-state index in [1.54, 1.807) is 34.8 Å². The van der Waals surface area contributed by atoms with Gasteiger partial charge in [-0.15, -0.1) is 5.10 Å². The smallest absolute Gasteiger partial charge is 0.261 e. The molecule has 1 aromatic carbocycles. The summed E-state index contributed by atoms with van der Waals surface area (Å²) < 4.78 is 5.10. The molecule has 3 heterocycles. The van der Waals surface area contributed by atoms with Crippen molar-refractivity contribution in [1.82, 2.24) is 28.9 Å². The van der Waals surface area contributed by atoms with Crippen LogP contribution < -0.4 is 5.56 Å². The second-order valence-corrected chi connectivity index (χ2v) is 7.13. The summed E-state index contributed by atoms with van der Waals surface area (Å²) in [4.78, 5) is 17.2. The largest absolute Gasteiger partial charge is 0.294 e. The van der Waals surface area contributed by atoms with Crippen LogP contribution in [0.25, 0.3) is 22.4 Å². The molecule has 1 aliphatic rings. The molecule has 0 N–H and O–H groups in total. The Hall–Kier alpha value is -2.67. The summed E-state index contributed by atoms with van der Waals surface area (Å²) in [5.41, 5.74) is 2.28. The Bertz CT molecular complexity index is 1200. The van der Waals surface area contributed by atoms with Gasteiger partial charge in [-0.2, -0.15) is 4.68 Å². The lowest BCUT2D eigenvalue weighted by molar-refractivity contribution is 0.773. The summed E-state index contributed by atoms with van der Waals surface area (Å²) in [5.74, 6) is 1.72. The van der Waals surface area contributed by atoms with Crippen LogP contribution in [0, 0.1) is 5.92 Å². The minimum absolute atomic E-state index is 0.122. The van der Waals surface area contributed by atoms with Crippen molar-refractivity contribution in [2.45, 2.75) is 19.3 Å². The molecule has 0 spiro atoms. The highest BCUT2D eigenvalue weighted by atomic mass is 35.5. The molecule has 1 aliphatic carbocycles. The molecule has 25 heavy (non-hydrogen) atoms. The van der Waals surface area contributed by atoms with E-state index in [1.165, 1.54) is 0 Å². The fourth-order valence-electron chi connectivity index (χ4n) is 3.43. The first kappa shape index (κ1) is 14.7. The van der Waals surface area contributed by atoms with Crippen LogP contribution in [0.15, 0.2) is 35.5 Å². The molecule has 0 bridgehead atoms. The van der Waals surface area contributed by atoms with Gasteiger partial charge in [-0.3, -0.25) is 13.8 Å². The van der Waals surface area contributed by atoms with Gasteiger partial charge < -0.3 is 0 Å². The van der Waals surface area contributed by atoms with Gasteiger partial charge in [0.05, 0.1) is 22.8 Å². The normalized spacial score (nSPS) is 19.8. The first-order chi connectivity index (χ1) is 12.0. The van der Waals surface area contributed by atoms with Crippen LogP contribution in [0.1, 0.15) is 25.0 Å². The SMILES string of the molecule is CC1CC1c1cn(-c2ncn3c4ccc(Cl)cc4c(=O)n(C)c23)nn1. The number of aryl methyl sites for hydroxylation is 1. The van der Waals surface area contributed by atoms with Crippen molar-refractivity contribution >= 4 is 28.2 Å². The number of aromatic nitrogens is 6. The van der Waals surface area contributed by atoms with Crippen molar-refractivity contribution in [1.29, 1.82) is 0 Å². The maximum absolute atomic E-state index is 12.8. The van der Waals surface area contributed by atoms with Crippen molar-refractivity contribution in [3.8, 4) is 5.82 Å². The maximum Gasteiger partial charge on any atom is 0.261 e. The van der Waals surface area contributed by atoms with Crippen LogP contribution in [0.4, 0.5) is 0 Å². The van der Waals surface area contributed by atoms with E-state index in [-0.39, 0.29) is 5.56 Å². The molecular weight excluding hydrogens is 340 g/mol. The zero-order valence-corrected chi connectivity index (χ0v) is 14.5. The van der Waals surface area contributed by atoms with Crippen LogP contribution in [0.3, 0.4) is 0 Å². The van der Waals surface area contributed by atoms with Gasteiger partial charge in [0.15, 0.2) is 11.5 Å². The lowest BCUT2D eigenvalue weighted by atomic mass is 10.2. The number of nitrogens with zero attached hydrogens (tertiary/aromatic N) is 6. The summed E-state index contributed by atoms with van der Waals surface area (Å²) in [6.07, 6.45) is 4.75. The zero-order chi connectivity index (χ0) is 17.3. The highest BCUT2D eigenvalue weighted by Gasteiger charge is 2.36. The fraction of sp³-hybridized carbons (Fsp3) is 0.294. The van der Waals surface area contributed by atoms with Gasteiger partial charge in [-0.1, -0.05) is 23.7 Å². The number of imidazole rings is 1. The van der Waals surface area contributed by atoms with Crippen LogP contribution in [-0.2, 0) is 7.05 Å². The highest BCUT2D eigenvalue weighted by Crippen LogP contribution is 2.45. The van der Waals surface area contributed by atoms with Gasteiger partial charge in [0.1, 0.15) is 6.33 Å². The Balaban J connectivity index is 1.78. The predicted molar refractivity (Wildman–Crippen MR) is 94.4 cm³/mol. The first-order valence-electron chi connectivity index (χ1n) is 8.12. The Morgan fingerprint density at radius 1 is 1.32 bits per heavy atom. The number of benzene rings is 1. The third kappa shape index (κ3) is 2.05. The molecule has 0 radical (unpaired) electrons. The summed E-state index contributed by atoms with van der Waals surface area (Å²) >= 11 is 6.05. The van der Waals surface area contributed by atoms with Gasteiger partial charge in [0.2, 0.25) is 0 Å². The Kier molecular flexibility index (Phi) is 2.88. The molecule has 8 heteroatoms. The quantitative estimate of drug-likeness (QED) is 0.554. The van der Waals surface area contributed by atoms with E-state index in [0.29, 0.717) is 33.7 Å². The highest BCUT2D eigenvalue weighted by molar-refractivity contribution is 6.31. The van der Waals surface area contributed by atoms with E-state index in [4.69, 9.17) is 11.6 Å². The van der Waals surface area contributed by atoms with Gasteiger partial charge in [0, 0.05) is 18.0 Å². The number of fused-ring (bicyclic) bond motifs is 3. The first-order valence-corrected chi connectivity index (χ1v) is 8.50. The Labute approximate surface area is 147 Å². The summed E-state index contributed by atoms with van der Waals surface area (Å²) in [6.45, 7) is 2.21. The van der Waals surface area contributed by atoms with E-state index in [9.17, 15) is 4.79 Å². The second-order valence-electron chi connectivity index (χ2n) is 6.69. The zero-order valence-electron chi connectivity index (χ0n) is 13.7. The molecule has 3 aromatic heterocycles. The summed E-state index contributed by atoms with van der Waals surface area (Å²) in [6, 6.07) is 5.28. The van der Waals surface area contributed by atoms with Crippen LogP contribution >= 0.6 is 11.6 Å². The molecule has 1 fully saturated rings. The Morgan fingerprint density at radius 3 is 2.88 bits per heavy atom. The van der Waals surface area contributed by atoms with E-state index < -0.39 is 0 Å². The molecule has 0 saturated heterocycles. The van der Waals surface area contributed by atoms with Crippen LogP contribution in [0.2, 0.25) is 5.02 Å². The molecular formula is C17H15ClN6O. The van der Waals surface area contributed by atoms with Crippen molar-refractivity contribution in [3.05, 3.63) is 51.8 Å². The summed E-state index contributed by atoms with van der Waals surface area (Å²) in [7, 11) is 1.73. The Morgan fingerprint density at radius 2 is 2.12 bits per heavy atom. The topological polar surface area (TPSA) is 70.0 Å². The molecule has 0 aliphatic heterocycles. The van der Waals surface area contributed by atoms with Crippen molar-refractivity contribution in [2.24, 2.45) is 13.0 Å². The minimum atomic E-state index is -0.122. The van der Waals surface area contributed by atoms with Gasteiger partial charge >= 0.3 is 0 Å². The van der Waals surface area contributed by atoms with Gasteiger partial charge in [-0.25, -0.2) is 4.98 Å². The predicted octanol–water partition coefficient (Wildman–Crippen LogP) is 2.54. The molecule has 1 saturated carbocycles. The average molecular weight is 355 g/mol. The standard InChI is InChI=1S/C17H15ClN6O/c1-9-5-11(9)13-7-24(21-20-13)15-16-22(2)17(25)12-6-10(18)3-4-14(12)23(16)8-19-15/h3-4,6-9,11H,5H2,1-2H3. The van der Waals surface area contributed by atoms with Gasteiger partial charge in [0.25, 0.3) is 5.56 Å². The minimum Gasteiger partial charge on any atom is -0.294 e. The summed E-state index contributed by atoms with van der Waals surface area (Å²) in [5, 5.41) is 9.58. The molecule has 2 unspecified atom stereocenters. The molecule has 7 nitrogen and oxygen atoms in total. The van der Waals surface area contributed by atoms with E-state index in [2.05, 4.69) is 22.2 Å². The molecule has 5 rings (SSSR count). The number of rotatable bonds is 2. The third-order valence-corrected chi connectivity index (χ3v) is 5.25. The lowest BCUT2D eigenvalue weighted by Gasteiger charge is -2.08. The number of hydrogen-bond donors (Lipinski definition) is 0. The monoisotopic (exact) mass is 354 g/mol. The van der Waals surface area contributed by atoms with Crippen molar-refractivity contribution in [2.75, 3.05) is 0 Å². The molecule has 4 aromatic rings. The van der Waals surface area contributed by atoms with Crippen molar-refractivity contribution in [3.63, 3.8) is 0 Å². The van der Waals surface area contributed by atoms with Crippen molar-refractivity contribution < 1.29 is 0 Å². The van der Waals surface area contributed by atoms with E-state index >= 15 is 0 Å². The molecule has 0 amide bonds. The number of hydrogen-bond acceptors (Lipinski definition) is 4. The number of halogens is 1. The molecule has 126 valence electrons. The molecule has 2 atom stereocenters. The van der Waals surface area contributed by atoms with E-state index in [0.717, 1.165) is 17.6 Å². The fourth-order valence-corrected chi connectivity index (χ4v) is 3.61. The second kappa shape index (κ2) is 4.92. The third-order valence-electron chi connectivity index (χ3n) is 5.01. The average Bonchev–Trinajstić information content (AvgIpc) is 3.03.